The standard InChI is InChI=1S/C18H34/c1-5-7-12-18(15(3)4)17-11-8-10-16(9-6-2)13-14-17/h15-16,18H,1,5-14H2,2-4H3. The van der Waals surface area contributed by atoms with Crippen molar-refractivity contribution in [3.8, 4) is 0 Å². The van der Waals surface area contributed by atoms with Crippen LogP contribution in [0.25, 0.3) is 0 Å². The Morgan fingerprint density at radius 2 is 2.00 bits per heavy atom. The second kappa shape index (κ2) is 8.99. The molecule has 0 bridgehead atoms. The van der Waals surface area contributed by atoms with E-state index in [1.54, 1.807) is 0 Å². The molecule has 2 unspecified atom stereocenters. The fraction of sp³-hybridized carbons (Fsp3) is 0.889. The van der Waals surface area contributed by atoms with Crippen molar-refractivity contribution in [3.63, 3.8) is 0 Å². The van der Waals surface area contributed by atoms with Crippen molar-refractivity contribution in [3.05, 3.63) is 12.8 Å². The van der Waals surface area contributed by atoms with Gasteiger partial charge in [-0.3, -0.25) is 0 Å². The molecule has 2 atom stereocenters. The van der Waals surface area contributed by atoms with Gasteiger partial charge in [0.1, 0.15) is 0 Å². The van der Waals surface area contributed by atoms with E-state index in [4.69, 9.17) is 0 Å². The highest BCUT2D eigenvalue weighted by molar-refractivity contribution is 4.99. The minimum Gasteiger partial charge on any atom is -0.0654 e. The predicted octanol–water partition coefficient (Wildman–Crippen LogP) is 6.22. The Hall–Kier alpha value is 0. The van der Waals surface area contributed by atoms with Crippen molar-refractivity contribution in [2.75, 3.05) is 0 Å². The zero-order valence-electron chi connectivity index (χ0n) is 13.0. The fourth-order valence-corrected chi connectivity index (χ4v) is 3.72. The van der Waals surface area contributed by atoms with E-state index >= 15 is 0 Å². The first-order valence-electron chi connectivity index (χ1n) is 8.32. The summed E-state index contributed by atoms with van der Waals surface area (Å²) in [6, 6.07) is 0. The van der Waals surface area contributed by atoms with E-state index in [0.717, 1.165) is 24.2 Å². The molecule has 18 heavy (non-hydrogen) atoms. The summed E-state index contributed by atoms with van der Waals surface area (Å²) >= 11 is 0. The summed E-state index contributed by atoms with van der Waals surface area (Å²) in [6.45, 7) is 11.2. The Balaban J connectivity index is 2.47. The third-order valence-corrected chi connectivity index (χ3v) is 4.78. The minimum absolute atomic E-state index is 0.828. The van der Waals surface area contributed by atoms with Gasteiger partial charge in [0.25, 0.3) is 0 Å². The highest BCUT2D eigenvalue weighted by atomic mass is 14.3. The molecular formula is C18H34. The van der Waals surface area contributed by atoms with Gasteiger partial charge >= 0.3 is 0 Å². The van der Waals surface area contributed by atoms with Crippen LogP contribution in [0.4, 0.5) is 0 Å². The maximum atomic E-state index is 4.01. The lowest BCUT2D eigenvalue weighted by molar-refractivity contribution is 0.335. The van der Waals surface area contributed by atoms with Gasteiger partial charge in [-0.15, -0.1) is 0 Å². The third-order valence-electron chi connectivity index (χ3n) is 4.78. The molecule has 0 saturated heterocycles. The summed E-state index contributed by atoms with van der Waals surface area (Å²) in [4.78, 5) is 0. The van der Waals surface area contributed by atoms with E-state index < -0.39 is 0 Å². The molecule has 0 aliphatic heterocycles. The van der Waals surface area contributed by atoms with Crippen LogP contribution in [0.15, 0.2) is 0 Å². The number of unbranched alkanes of at least 4 members (excludes halogenated alkanes) is 1. The largest absolute Gasteiger partial charge is 0.0654 e. The average Bonchev–Trinajstić information content (AvgIpc) is 2.56. The van der Waals surface area contributed by atoms with Crippen LogP contribution in [0, 0.1) is 30.6 Å². The molecule has 0 aromatic carbocycles. The van der Waals surface area contributed by atoms with Crippen molar-refractivity contribution >= 4 is 0 Å². The van der Waals surface area contributed by atoms with Gasteiger partial charge in [0.05, 0.1) is 0 Å². The van der Waals surface area contributed by atoms with Crippen LogP contribution < -0.4 is 0 Å². The molecule has 0 heteroatoms. The monoisotopic (exact) mass is 250 g/mol. The quantitative estimate of drug-likeness (QED) is 0.471. The van der Waals surface area contributed by atoms with Gasteiger partial charge in [0, 0.05) is 0 Å². The van der Waals surface area contributed by atoms with E-state index in [1.807, 2.05) is 5.92 Å². The van der Waals surface area contributed by atoms with E-state index in [9.17, 15) is 0 Å². The molecule has 1 aliphatic rings. The molecular weight excluding hydrogens is 216 g/mol. The van der Waals surface area contributed by atoms with Crippen LogP contribution in [-0.2, 0) is 0 Å². The number of hydrogen-bond acceptors (Lipinski definition) is 0. The molecule has 0 heterocycles. The van der Waals surface area contributed by atoms with Crippen LogP contribution in [0.3, 0.4) is 0 Å². The van der Waals surface area contributed by atoms with Crippen molar-refractivity contribution in [2.24, 2.45) is 17.8 Å². The summed E-state index contributed by atoms with van der Waals surface area (Å²) in [7, 11) is 0. The van der Waals surface area contributed by atoms with E-state index in [1.165, 1.54) is 57.8 Å². The average molecular weight is 250 g/mol. The van der Waals surface area contributed by atoms with Crippen LogP contribution in [-0.4, -0.2) is 0 Å². The summed E-state index contributed by atoms with van der Waals surface area (Å²) in [5, 5.41) is 0. The summed E-state index contributed by atoms with van der Waals surface area (Å²) in [5.41, 5.74) is 0. The fourth-order valence-electron chi connectivity index (χ4n) is 3.72. The molecule has 0 amide bonds. The molecule has 1 rings (SSSR count). The smallest absolute Gasteiger partial charge is 0.0207 e. The Kier molecular flexibility index (Phi) is 8.02. The Bertz CT molecular complexity index is 194. The molecule has 0 nitrogen and oxygen atoms in total. The van der Waals surface area contributed by atoms with Crippen LogP contribution in [0.5, 0.6) is 0 Å². The lowest BCUT2D eigenvalue weighted by Gasteiger charge is -2.29. The van der Waals surface area contributed by atoms with Gasteiger partial charge in [-0.2, -0.15) is 0 Å². The first-order chi connectivity index (χ1) is 8.69. The van der Waals surface area contributed by atoms with E-state index in [0.29, 0.717) is 0 Å². The molecule has 0 aromatic rings. The summed E-state index contributed by atoms with van der Waals surface area (Å²) in [5.74, 6) is 4.63. The molecule has 0 spiro atoms. The van der Waals surface area contributed by atoms with Gasteiger partial charge in [-0.25, -0.2) is 0 Å². The topological polar surface area (TPSA) is 0 Å². The van der Waals surface area contributed by atoms with Crippen LogP contribution in [0.2, 0.25) is 0 Å². The van der Waals surface area contributed by atoms with Crippen LogP contribution in [0.1, 0.15) is 85.0 Å². The SMILES string of the molecule is [CH2]CCCC([C]1CCCC(CCC)CC1)C(C)C. The molecule has 1 fully saturated rings. The van der Waals surface area contributed by atoms with E-state index in [2.05, 4.69) is 27.7 Å². The van der Waals surface area contributed by atoms with E-state index in [-0.39, 0.29) is 0 Å². The third kappa shape index (κ3) is 5.33. The molecule has 1 aliphatic carbocycles. The number of rotatable bonds is 7. The van der Waals surface area contributed by atoms with Crippen molar-refractivity contribution in [2.45, 2.75) is 85.0 Å². The zero-order valence-corrected chi connectivity index (χ0v) is 13.0. The summed E-state index contributed by atoms with van der Waals surface area (Å²) in [6.07, 6.45) is 13.9. The van der Waals surface area contributed by atoms with Gasteiger partial charge < -0.3 is 0 Å². The van der Waals surface area contributed by atoms with Gasteiger partial charge in [-0.1, -0.05) is 66.2 Å². The number of hydrogen-bond donors (Lipinski definition) is 0. The van der Waals surface area contributed by atoms with Gasteiger partial charge in [0.15, 0.2) is 0 Å². The minimum atomic E-state index is 0.828. The Morgan fingerprint density at radius 3 is 2.61 bits per heavy atom. The van der Waals surface area contributed by atoms with Crippen molar-refractivity contribution < 1.29 is 0 Å². The predicted molar refractivity (Wildman–Crippen MR) is 82.3 cm³/mol. The second-order valence-corrected chi connectivity index (χ2v) is 6.59. The van der Waals surface area contributed by atoms with Crippen molar-refractivity contribution in [1.29, 1.82) is 0 Å². The maximum Gasteiger partial charge on any atom is -0.0207 e. The normalized spacial score (nSPS) is 24.2. The molecule has 0 aromatic heterocycles. The van der Waals surface area contributed by atoms with Gasteiger partial charge in [0.2, 0.25) is 0 Å². The highest BCUT2D eigenvalue weighted by Gasteiger charge is 2.27. The lowest BCUT2D eigenvalue weighted by atomic mass is 9.76. The zero-order chi connectivity index (χ0) is 13.4. The van der Waals surface area contributed by atoms with Crippen molar-refractivity contribution in [1.82, 2.24) is 0 Å². The second-order valence-electron chi connectivity index (χ2n) is 6.59. The maximum absolute atomic E-state index is 4.01. The van der Waals surface area contributed by atoms with Gasteiger partial charge in [-0.05, 0) is 49.4 Å². The van der Waals surface area contributed by atoms with Crippen LogP contribution >= 0.6 is 0 Å². The lowest BCUT2D eigenvalue weighted by Crippen LogP contribution is -2.18. The Morgan fingerprint density at radius 1 is 1.22 bits per heavy atom. The first-order valence-corrected chi connectivity index (χ1v) is 8.32. The molecule has 0 N–H and O–H groups in total. The summed E-state index contributed by atoms with van der Waals surface area (Å²) < 4.78 is 0. The molecule has 2 radical (unpaired) electrons. The first kappa shape index (κ1) is 16.1. The highest BCUT2D eigenvalue weighted by Crippen LogP contribution is 2.39. The molecule has 106 valence electrons. The molecule has 1 saturated carbocycles. The Labute approximate surface area is 116 Å².